The van der Waals surface area contributed by atoms with Gasteiger partial charge >= 0.3 is 0 Å². The number of pyridine rings is 1. The molecule has 2 aliphatic rings. The molecule has 0 atom stereocenters. The first-order valence-electron chi connectivity index (χ1n) is 5.38. The van der Waals surface area contributed by atoms with Crippen LogP contribution in [0.5, 0.6) is 5.88 Å². The normalized spacial score (nSPS) is 17.8. The summed E-state index contributed by atoms with van der Waals surface area (Å²) < 4.78 is 5.48. The number of hydrogen-bond acceptors (Lipinski definition) is 3. The van der Waals surface area contributed by atoms with Crippen molar-refractivity contribution in [2.45, 2.75) is 26.2 Å². The summed E-state index contributed by atoms with van der Waals surface area (Å²) in [5.74, 6) is 1.37. The van der Waals surface area contributed by atoms with Crippen molar-refractivity contribution in [1.29, 1.82) is 0 Å². The molecule has 2 heterocycles. The lowest BCUT2D eigenvalue weighted by molar-refractivity contribution is 0.345. The summed E-state index contributed by atoms with van der Waals surface area (Å²) in [4.78, 5) is 4.31. The molecule has 3 nitrogen and oxygen atoms in total. The Bertz CT molecular complexity index is 546. The third kappa shape index (κ3) is 1.16. The van der Waals surface area contributed by atoms with Crippen LogP contribution in [-0.2, 0) is 6.42 Å². The third-order valence-corrected chi connectivity index (χ3v) is 3.21. The van der Waals surface area contributed by atoms with Crippen LogP contribution in [0, 0.1) is 0 Å². The van der Waals surface area contributed by atoms with Gasteiger partial charge in [0.05, 0.1) is 6.61 Å². The predicted octanol–water partition coefficient (Wildman–Crippen LogP) is 0.344. The summed E-state index contributed by atoms with van der Waals surface area (Å²) >= 11 is 0. The lowest BCUT2D eigenvalue weighted by Gasteiger charge is -2.10. The van der Waals surface area contributed by atoms with E-state index in [2.05, 4.69) is 18.0 Å². The maximum atomic E-state index is 5.94. The standard InChI is InChI=1S/C12H14N2O/c1-7-3-2-4-8-10(7)9-5-6-15-12(9)14-11(8)13/h4H,2-3,5-6H2,1H3,(H2,13,14). The lowest BCUT2D eigenvalue weighted by Crippen LogP contribution is -2.35. The van der Waals surface area contributed by atoms with Gasteiger partial charge in [0.2, 0.25) is 5.88 Å². The quantitative estimate of drug-likeness (QED) is 0.660. The van der Waals surface area contributed by atoms with Gasteiger partial charge in [-0.25, -0.2) is 0 Å². The fourth-order valence-corrected chi connectivity index (χ4v) is 2.49. The number of rotatable bonds is 0. The van der Waals surface area contributed by atoms with Crippen LogP contribution in [0.3, 0.4) is 0 Å². The topological polar surface area (TPSA) is 48.1 Å². The van der Waals surface area contributed by atoms with E-state index in [4.69, 9.17) is 10.5 Å². The van der Waals surface area contributed by atoms with Gasteiger partial charge in [-0.3, -0.25) is 0 Å². The van der Waals surface area contributed by atoms with Crippen molar-refractivity contribution in [3.8, 4) is 5.88 Å². The molecular formula is C12H14N2O. The second-order valence-corrected chi connectivity index (χ2v) is 4.19. The molecule has 0 spiro atoms. The van der Waals surface area contributed by atoms with E-state index in [0.717, 1.165) is 37.0 Å². The maximum Gasteiger partial charge on any atom is 0.219 e. The van der Waals surface area contributed by atoms with Crippen molar-refractivity contribution in [3.63, 3.8) is 0 Å². The van der Waals surface area contributed by atoms with Crippen molar-refractivity contribution < 1.29 is 4.74 Å². The second kappa shape index (κ2) is 2.99. The van der Waals surface area contributed by atoms with Crippen molar-refractivity contribution >= 4 is 17.5 Å². The number of nitrogens with zero attached hydrogens (tertiary/aromatic N) is 1. The van der Waals surface area contributed by atoms with Gasteiger partial charge in [-0.1, -0.05) is 11.6 Å². The van der Waals surface area contributed by atoms with Crippen LogP contribution in [-0.4, -0.2) is 11.6 Å². The van der Waals surface area contributed by atoms with E-state index in [0.29, 0.717) is 5.82 Å². The SMILES string of the molecule is CC1=c2c3c(nc(N)c2=CCC1)OCC3. The number of ether oxygens (including phenoxy) is 1. The molecule has 0 saturated carbocycles. The molecular weight excluding hydrogens is 188 g/mol. The fourth-order valence-electron chi connectivity index (χ4n) is 2.49. The Morgan fingerprint density at radius 1 is 1.40 bits per heavy atom. The molecule has 78 valence electrons. The Labute approximate surface area is 88.3 Å². The van der Waals surface area contributed by atoms with E-state index in [1.165, 1.54) is 16.4 Å². The van der Waals surface area contributed by atoms with Crippen molar-refractivity contribution in [2.24, 2.45) is 0 Å². The van der Waals surface area contributed by atoms with E-state index in [9.17, 15) is 0 Å². The summed E-state index contributed by atoms with van der Waals surface area (Å²) in [5, 5.41) is 2.43. The first-order valence-corrected chi connectivity index (χ1v) is 5.38. The first kappa shape index (κ1) is 8.77. The number of aromatic nitrogens is 1. The molecule has 0 fully saturated rings. The van der Waals surface area contributed by atoms with Crippen LogP contribution in [0.2, 0.25) is 0 Å². The molecule has 0 saturated heterocycles. The molecule has 0 amide bonds. The molecule has 0 bridgehead atoms. The van der Waals surface area contributed by atoms with Crippen molar-refractivity contribution in [1.82, 2.24) is 4.98 Å². The predicted molar refractivity (Wildman–Crippen MR) is 59.9 cm³/mol. The fraction of sp³-hybridized carbons (Fsp3) is 0.417. The largest absolute Gasteiger partial charge is 0.477 e. The zero-order chi connectivity index (χ0) is 10.4. The minimum absolute atomic E-state index is 0.615. The summed E-state index contributed by atoms with van der Waals surface area (Å²) in [7, 11) is 0. The van der Waals surface area contributed by atoms with Gasteiger partial charge in [-0.2, -0.15) is 4.98 Å². The first-order chi connectivity index (χ1) is 7.27. The number of nitrogens with two attached hydrogens (primary N) is 1. The van der Waals surface area contributed by atoms with Crippen LogP contribution in [0.4, 0.5) is 5.82 Å². The average molecular weight is 202 g/mol. The number of fused-ring (bicyclic) bond motifs is 3. The van der Waals surface area contributed by atoms with Crippen molar-refractivity contribution in [2.75, 3.05) is 12.3 Å². The Morgan fingerprint density at radius 3 is 3.13 bits per heavy atom. The molecule has 3 rings (SSSR count). The summed E-state index contributed by atoms with van der Waals surface area (Å²) in [6.45, 7) is 2.93. The molecule has 0 unspecified atom stereocenters. The second-order valence-electron chi connectivity index (χ2n) is 4.19. The van der Waals surface area contributed by atoms with E-state index in [-0.39, 0.29) is 0 Å². The highest BCUT2D eigenvalue weighted by molar-refractivity contribution is 5.58. The van der Waals surface area contributed by atoms with Gasteiger partial charge in [0.1, 0.15) is 5.82 Å². The van der Waals surface area contributed by atoms with Crippen LogP contribution in [0.1, 0.15) is 25.3 Å². The minimum atomic E-state index is 0.615. The van der Waals surface area contributed by atoms with Gasteiger partial charge in [0.25, 0.3) is 0 Å². The summed E-state index contributed by atoms with van der Waals surface area (Å²) in [6, 6.07) is 0. The molecule has 2 N–H and O–H groups in total. The summed E-state index contributed by atoms with van der Waals surface area (Å²) in [6.07, 6.45) is 5.37. The van der Waals surface area contributed by atoms with Crippen LogP contribution in [0.25, 0.3) is 11.6 Å². The zero-order valence-electron chi connectivity index (χ0n) is 8.84. The van der Waals surface area contributed by atoms with Gasteiger partial charge in [0, 0.05) is 17.2 Å². The molecule has 3 heteroatoms. The zero-order valence-corrected chi connectivity index (χ0v) is 8.84. The van der Waals surface area contributed by atoms with Crippen molar-refractivity contribution in [3.05, 3.63) is 16.0 Å². The smallest absolute Gasteiger partial charge is 0.219 e. The highest BCUT2D eigenvalue weighted by Gasteiger charge is 2.19. The van der Waals surface area contributed by atoms with E-state index >= 15 is 0 Å². The maximum absolute atomic E-state index is 5.94. The van der Waals surface area contributed by atoms with Crippen LogP contribution >= 0.6 is 0 Å². The molecule has 1 aliphatic carbocycles. The minimum Gasteiger partial charge on any atom is -0.477 e. The Balaban J connectivity index is 2.51. The monoisotopic (exact) mass is 202 g/mol. The molecule has 1 aromatic rings. The highest BCUT2D eigenvalue weighted by Crippen LogP contribution is 2.20. The van der Waals surface area contributed by atoms with Gasteiger partial charge in [0.15, 0.2) is 0 Å². The van der Waals surface area contributed by atoms with Gasteiger partial charge in [-0.15, -0.1) is 0 Å². The number of nitrogen functional groups attached to an aromatic ring is 1. The highest BCUT2D eigenvalue weighted by atomic mass is 16.5. The molecule has 0 radical (unpaired) electrons. The Hall–Kier alpha value is -1.51. The van der Waals surface area contributed by atoms with E-state index in [1.54, 1.807) is 0 Å². The van der Waals surface area contributed by atoms with E-state index in [1.807, 2.05) is 0 Å². The van der Waals surface area contributed by atoms with Crippen LogP contribution < -0.4 is 20.9 Å². The Kier molecular flexibility index (Phi) is 1.75. The number of anilines is 1. The van der Waals surface area contributed by atoms with E-state index < -0.39 is 0 Å². The lowest BCUT2D eigenvalue weighted by atomic mass is 9.97. The number of hydrogen-bond donors (Lipinski definition) is 1. The van der Waals surface area contributed by atoms with Crippen LogP contribution in [0.15, 0.2) is 0 Å². The average Bonchev–Trinajstić information content (AvgIpc) is 2.66. The molecule has 1 aliphatic heterocycles. The summed E-state index contributed by atoms with van der Waals surface area (Å²) in [5.41, 5.74) is 8.62. The molecule has 1 aromatic heterocycles. The van der Waals surface area contributed by atoms with Gasteiger partial charge in [-0.05, 0) is 25.0 Å². The molecule has 0 aromatic carbocycles. The van der Waals surface area contributed by atoms with Gasteiger partial charge < -0.3 is 10.5 Å². The molecule has 15 heavy (non-hydrogen) atoms. The third-order valence-electron chi connectivity index (χ3n) is 3.21. The Morgan fingerprint density at radius 2 is 2.27 bits per heavy atom.